The first-order chi connectivity index (χ1) is 11.2. The monoisotopic (exact) mass is 442 g/mol. The van der Waals surface area contributed by atoms with Crippen LogP contribution in [0, 0.1) is 0 Å². The average molecular weight is 442 g/mol. The second kappa shape index (κ2) is 11.5. The molecular formula is C19H31IN4. The topological polar surface area (TPSA) is 39.7 Å². The summed E-state index contributed by atoms with van der Waals surface area (Å²) in [6.07, 6.45) is 6.61. The maximum atomic E-state index is 4.31. The number of rotatable bonds is 7. The summed E-state index contributed by atoms with van der Waals surface area (Å²) in [5, 5.41) is 6.85. The molecule has 1 aromatic carbocycles. The van der Waals surface area contributed by atoms with E-state index in [2.05, 4.69) is 70.8 Å². The zero-order chi connectivity index (χ0) is 16.5. The zero-order valence-electron chi connectivity index (χ0n) is 15.1. The molecule has 0 bridgehead atoms. The fourth-order valence-electron chi connectivity index (χ4n) is 2.78. The highest BCUT2D eigenvalue weighted by atomic mass is 127. The summed E-state index contributed by atoms with van der Waals surface area (Å²) in [4.78, 5) is 6.73. The molecule has 0 saturated heterocycles. The molecule has 1 aliphatic carbocycles. The summed E-state index contributed by atoms with van der Waals surface area (Å²) < 4.78 is 0. The lowest BCUT2D eigenvalue weighted by Crippen LogP contribution is -2.42. The van der Waals surface area contributed by atoms with E-state index in [1.165, 1.54) is 11.1 Å². The lowest BCUT2D eigenvalue weighted by Gasteiger charge is -2.18. The normalized spacial score (nSPS) is 14.8. The van der Waals surface area contributed by atoms with Crippen LogP contribution < -0.4 is 10.6 Å². The molecule has 0 unspecified atom stereocenters. The Morgan fingerprint density at radius 2 is 1.67 bits per heavy atom. The Hall–Kier alpha value is -1.08. The van der Waals surface area contributed by atoms with Gasteiger partial charge in [-0.05, 0) is 37.1 Å². The van der Waals surface area contributed by atoms with Crippen molar-refractivity contribution in [3.63, 3.8) is 0 Å². The van der Waals surface area contributed by atoms with E-state index in [4.69, 9.17) is 0 Å². The van der Waals surface area contributed by atoms with Crippen molar-refractivity contribution in [3.05, 3.63) is 47.5 Å². The van der Waals surface area contributed by atoms with Gasteiger partial charge in [-0.3, -0.25) is 9.89 Å². The molecule has 134 valence electrons. The SMILES string of the molecule is CCN(CC)Cc1ccc(CNC(=NC)NC2CC=CC2)cc1.I. The molecule has 0 saturated carbocycles. The Bertz CT molecular complexity index is 513. The number of aliphatic imine (C=N–C) groups is 1. The van der Waals surface area contributed by atoms with Gasteiger partial charge in [0.15, 0.2) is 5.96 Å². The van der Waals surface area contributed by atoms with Crippen molar-refractivity contribution in [1.29, 1.82) is 0 Å². The highest BCUT2D eigenvalue weighted by molar-refractivity contribution is 14.0. The predicted octanol–water partition coefficient (Wildman–Crippen LogP) is 3.53. The quantitative estimate of drug-likeness (QED) is 0.294. The van der Waals surface area contributed by atoms with Gasteiger partial charge in [-0.25, -0.2) is 0 Å². The molecule has 0 aromatic heterocycles. The third kappa shape index (κ3) is 6.81. The first-order valence-electron chi connectivity index (χ1n) is 8.67. The minimum Gasteiger partial charge on any atom is -0.353 e. The van der Waals surface area contributed by atoms with Gasteiger partial charge in [-0.15, -0.1) is 24.0 Å². The van der Waals surface area contributed by atoms with Gasteiger partial charge in [0.1, 0.15) is 0 Å². The minimum absolute atomic E-state index is 0. The Morgan fingerprint density at radius 3 is 2.21 bits per heavy atom. The summed E-state index contributed by atoms with van der Waals surface area (Å²) in [5.41, 5.74) is 2.65. The van der Waals surface area contributed by atoms with Gasteiger partial charge in [-0.2, -0.15) is 0 Å². The van der Waals surface area contributed by atoms with E-state index in [1.807, 2.05) is 7.05 Å². The first-order valence-corrected chi connectivity index (χ1v) is 8.67. The molecular weight excluding hydrogens is 411 g/mol. The number of guanidine groups is 1. The van der Waals surface area contributed by atoms with E-state index in [0.29, 0.717) is 6.04 Å². The predicted molar refractivity (Wildman–Crippen MR) is 114 cm³/mol. The molecule has 1 aliphatic rings. The molecule has 4 nitrogen and oxygen atoms in total. The molecule has 0 atom stereocenters. The summed E-state index contributed by atoms with van der Waals surface area (Å²) in [7, 11) is 1.82. The van der Waals surface area contributed by atoms with Gasteiger partial charge in [-0.1, -0.05) is 50.3 Å². The smallest absolute Gasteiger partial charge is 0.191 e. The van der Waals surface area contributed by atoms with Crippen LogP contribution in [0.25, 0.3) is 0 Å². The van der Waals surface area contributed by atoms with Gasteiger partial charge in [0.05, 0.1) is 0 Å². The largest absolute Gasteiger partial charge is 0.353 e. The molecule has 5 heteroatoms. The molecule has 0 fully saturated rings. The molecule has 1 aromatic rings. The van der Waals surface area contributed by atoms with Gasteiger partial charge in [0.2, 0.25) is 0 Å². The summed E-state index contributed by atoms with van der Waals surface area (Å²) in [6.45, 7) is 8.43. The fourth-order valence-corrected chi connectivity index (χ4v) is 2.78. The number of benzene rings is 1. The van der Waals surface area contributed by atoms with E-state index in [9.17, 15) is 0 Å². The van der Waals surface area contributed by atoms with Crippen LogP contribution in [-0.2, 0) is 13.1 Å². The Balaban J connectivity index is 0.00000288. The molecule has 0 spiro atoms. The van der Waals surface area contributed by atoms with E-state index >= 15 is 0 Å². The van der Waals surface area contributed by atoms with E-state index < -0.39 is 0 Å². The van der Waals surface area contributed by atoms with Gasteiger partial charge < -0.3 is 10.6 Å². The highest BCUT2D eigenvalue weighted by Gasteiger charge is 2.11. The van der Waals surface area contributed by atoms with Crippen LogP contribution in [0.15, 0.2) is 41.4 Å². The number of hydrogen-bond donors (Lipinski definition) is 2. The minimum atomic E-state index is 0. The Kier molecular flexibility index (Phi) is 10.0. The Labute approximate surface area is 163 Å². The number of halogens is 1. The molecule has 2 rings (SSSR count). The average Bonchev–Trinajstić information content (AvgIpc) is 3.10. The lowest BCUT2D eigenvalue weighted by atomic mass is 10.1. The second-order valence-corrected chi connectivity index (χ2v) is 5.99. The van der Waals surface area contributed by atoms with E-state index in [-0.39, 0.29) is 24.0 Å². The number of nitrogens with one attached hydrogen (secondary N) is 2. The molecule has 0 aliphatic heterocycles. The van der Waals surface area contributed by atoms with Crippen molar-refractivity contribution in [3.8, 4) is 0 Å². The summed E-state index contributed by atoms with van der Waals surface area (Å²) in [5.74, 6) is 0.880. The van der Waals surface area contributed by atoms with Crippen LogP contribution in [0.3, 0.4) is 0 Å². The first kappa shape index (κ1) is 21.0. The van der Waals surface area contributed by atoms with Crippen molar-refractivity contribution >= 4 is 29.9 Å². The number of nitrogens with zero attached hydrogens (tertiary/aromatic N) is 2. The molecule has 24 heavy (non-hydrogen) atoms. The molecule has 0 amide bonds. The van der Waals surface area contributed by atoms with Crippen LogP contribution >= 0.6 is 24.0 Å². The van der Waals surface area contributed by atoms with E-state index in [0.717, 1.165) is 45.0 Å². The summed E-state index contributed by atoms with van der Waals surface area (Å²) in [6, 6.07) is 9.35. The second-order valence-electron chi connectivity index (χ2n) is 5.99. The fraction of sp³-hybridized carbons (Fsp3) is 0.526. The van der Waals surface area contributed by atoms with Crippen LogP contribution in [-0.4, -0.2) is 37.0 Å². The lowest BCUT2D eigenvalue weighted by molar-refractivity contribution is 0.296. The van der Waals surface area contributed by atoms with Crippen molar-refractivity contribution in [1.82, 2.24) is 15.5 Å². The number of hydrogen-bond acceptors (Lipinski definition) is 2. The molecule has 0 radical (unpaired) electrons. The van der Waals surface area contributed by atoms with Crippen molar-refractivity contribution in [2.75, 3.05) is 20.1 Å². The van der Waals surface area contributed by atoms with Crippen LogP contribution in [0.1, 0.15) is 37.8 Å². The van der Waals surface area contributed by atoms with Gasteiger partial charge >= 0.3 is 0 Å². The standard InChI is InChI=1S/C19H30N4.HI/c1-4-23(5-2)15-17-12-10-16(11-13-17)14-21-19(20-3)22-18-8-6-7-9-18;/h6-7,10-13,18H,4-5,8-9,14-15H2,1-3H3,(H2,20,21,22);1H. The van der Waals surface area contributed by atoms with Gasteiger partial charge in [0.25, 0.3) is 0 Å². The van der Waals surface area contributed by atoms with Crippen molar-refractivity contribution in [2.24, 2.45) is 4.99 Å². The van der Waals surface area contributed by atoms with Crippen molar-refractivity contribution < 1.29 is 0 Å². The maximum absolute atomic E-state index is 4.31. The molecule has 0 heterocycles. The van der Waals surface area contributed by atoms with Crippen LogP contribution in [0.5, 0.6) is 0 Å². The summed E-state index contributed by atoms with van der Waals surface area (Å²) >= 11 is 0. The van der Waals surface area contributed by atoms with Crippen molar-refractivity contribution in [2.45, 2.75) is 45.8 Å². The zero-order valence-corrected chi connectivity index (χ0v) is 17.4. The maximum Gasteiger partial charge on any atom is 0.191 e. The van der Waals surface area contributed by atoms with Crippen LogP contribution in [0.4, 0.5) is 0 Å². The van der Waals surface area contributed by atoms with Crippen LogP contribution in [0.2, 0.25) is 0 Å². The molecule has 2 N–H and O–H groups in total. The Morgan fingerprint density at radius 1 is 1.08 bits per heavy atom. The third-order valence-electron chi connectivity index (χ3n) is 4.36. The highest BCUT2D eigenvalue weighted by Crippen LogP contribution is 2.09. The third-order valence-corrected chi connectivity index (χ3v) is 4.36. The van der Waals surface area contributed by atoms with Gasteiger partial charge in [0, 0.05) is 26.2 Å². The van der Waals surface area contributed by atoms with E-state index in [1.54, 1.807) is 0 Å².